The van der Waals surface area contributed by atoms with Crippen LogP contribution in [0.5, 0.6) is 0 Å². The van der Waals surface area contributed by atoms with Crippen molar-refractivity contribution in [1.29, 1.82) is 0 Å². The Hall–Kier alpha value is -3.45. The highest BCUT2D eigenvalue weighted by Crippen LogP contribution is 2.22. The average Bonchev–Trinajstić information content (AvgIpc) is 3.27. The summed E-state index contributed by atoms with van der Waals surface area (Å²) in [6.45, 7) is 5.37. The fourth-order valence-electron chi connectivity index (χ4n) is 3.79. The molecule has 1 N–H and O–H groups in total. The van der Waals surface area contributed by atoms with Gasteiger partial charge in [-0.1, -0.05) is 12.1 Å². The van der Waals surface area contributed by atoms with Gasteiger partial charge in [0.25, 0.3) is 11.8 Å². The number of carbonyl (C=O) groups excluding carboxylic acids is 2. The maximum Gasteiger partial charge on any atom is 0.287 e. The molecule has 0 aliphatic carbocycles. The van der Waals surface area contributed by atoms with Crippen molar-refractivity contribution in [3.8, 4) is 11.3 Å². The van der Waals surface area contributed by atoms with Crippen molar-refractivity contribution in [2.45, 2.75) is 32.6 Å². The summed E-state index contributed by atoms with van der Waals surface area (Å²) in [6, 6.07) is 16.3. The Labute approximate surface area is 186 Å². The van der Waals surface area contributed by atoms with Crippen LogP contribution in [0.25, 0.3) is 11.3 Å². The van der Waals surface area contributed by atoms with E-state index in [2.05, 4.69) is 5.32 Å². The number of carbonyl (C=O) groups is 2. The number of nitrogens with zero attached hydrogens (tertiary/aromatic N) is 1. The fraction of sp³-hybridized carbons (Fsp3) is 0.280. The first-order chi connectivity index (χ1) is 15.4. The molecule has 2 aromatic carbocycles. The molecule has 1 aliphatic rings. The minimum atomic E-state index is -0.352. The van der Waals surface area contributed by atoms with Crippen molar-refractivity contribution in [1.82, 2.24) is 10.2 Å². The number of hydrogen-bond donors (Lipinski definition) is 1. The molecule has 2 unspecified atom stereocenters. The van der Waals surface area contributed by atoms with Gasteiger partial charge in [0, 0.05) is 30.8 Å². The van der Waals surface area contributed by atoms with E-state index in [0.29, 0.717) is 36.5 Å². The Bertz CT molecular complexity index is 1080. The van der Waals surface area contributed by atoms with Crippen LogP contribution < -0.4 is 5.32 Å². The number of halogens is 1. The molecule has 1 saturated heterocycles. The number of hydrogen-bond acceptors (Lipinski definition) is 4. The largest absolute Gasteiger partial charge is 0.451 e. The van der Waals surface area contributed by atoms with Gasteiger partial charge in [-0.2, -0.15) is 0 Å². The van der Waals surface area contributed by atoms with Gasteiger partial charge in [0.1, 0.15) is 11.6 Å². The molecule has 0 spiro atoms. The summed E-state index contributed by atoms with van der Waals surface area (Å²) < 4.78 is 24.4. The highest BCUT2D eigenvalue weighted by Gasteiger charge is 2.26. The van der Waals surface area contributed by atoms with E-state index in [-0.39, 0.29) is 35.6 Å². The van der Waals surface area contributed by atoms with Gasteiger partial charge >= 0.3 is 0 Å². The highest BCUT2D eigenvalue weighted by atomic mass is 19.1. The molecule has 166 valence electrons. The molecule has 7 heteroatoms. The molecule has 32 heavy (non-hydrogen) atoms. The van der Waals surface area contributed by atoms with Gasteiger partial charge in [-0.15, -0.1) is 0 Å². The molecule has 4 rings (SSSR count). The van der Waals surface area contributed by atoms with Crippen molar-refractivity contribution in [2.75, 3.05) is 13.1 Å². The molecule has 1 aromatic heterocycles. The molecule has 2 amide bonds. The maximum atomic E-state index is 13.1. The summed E-state index contributed by atoms with van der Waals surface area (Å²) in [6.07, 6.45) is 0.0321. The number of furan rings is 1. The third kappa shape index (κ3) is 5.06. The standard InChI is InChI=1S/C25H25FN2O4/c1-16-14-28(15-17(2)31-16)25(30)20-5-3-18(4-6-20)13-27-24(29)23-12-11-22(32-23)19-7-9-21(26)10-8-19/h3-12,16-17H,13-15H2,1-2H3,(H,27,29). The van der Waals surface area contributed by atoms with Crippen molar-refractivity contribution < 1.29 is 23.1 Å². The van der Waals surface area contributed by atoms with Gasteiger partial charge in [-0.05, 0) is 67.9 Å². The summed E-state index contributed by atoms with van der Waals surface area (Å²) in [5.41, 5.74) is 2.16. The molecular weight excluding hydrogens is 411 g/mol. The van der Waals surface area contributed by atoms with Crippen LogP contribution in [0.1, 0.15) is 40.3 Å². The molecule has 1 aliphatic heterocycles. The van der Waals surface area contributed by atoms with E-state index >= 15 is 0 Å². The van der Waals surface area contributed by atoms with E-state index in [1.807, 2.05) is 30.9 Å². The van der Waals surface area contributed by atoms with Crippen LogP contribution in [0.15, 0.2) is 65.1 Å². The number of benzene rings is 2. The lowest BCUT2D eigenvalue weighted by Gasteiger charge is -2.35. The van der Waals surface area contributed by atoms with Gasteiger partial charge in [-0.25, -0.2) is 4.39 Å². The van der Waals surface area contributed by atoms with E-state index < -0.39 is 0 Å². The topological polar surface area (TPSA) is 71.8 Å². The number of morpholine rings is 1. The Balaban J connectivity index is 1.34. The van der Waals surface area contributed by atoms with E-state index in [0.717, 1.165) is 5.56 Å². The summed E-state index contributed by atoms with van der Waals surface area (Å²) in [5.74, 6) is -0.0437. The van der Waals surface area contributed by atoms with E-state index in [4.69, 9.17) is 9.15 Å². The Morgan fingerprint density at radius 2 is 1.62 bits per heavy atom. The normalized spacial score (nSPS) is 18.4. The Kier molecular flexibility index (Phi) is 6.37. The number of amides is 2. The molecule has 0 bridgehead atoms. The summed E-state index contributed by atoms with van der Waals surface area (Å²) in [7, 11) is 0. The molecule has 3 aromatic rings. The lowest BCUT2D eigenvalue weighted by molar-refractivity contribution is -0.0586. The molecule has 2 heterocycles. The monoisotopic (exact) mass is 436 g/mol. The first-order valence-electron chi connectivity index (χ1n) is 10.6. The predicted octanol–water partition coefficient (Wildman–Crippen LogP) is 4.27. The zero-order chi connectivity index (χ0) is 22.7. The molecular formula is C25H25FN2O4. The van der Waals surface area contributed by atoms with Crippen LogP contribution in [-0.4, -0.2) is 42.0 Å². The third-order valence-electron chi connectivity index (χ3n) is 5.32. The van der Waals surface area contributed by atoms with Gasteiger partial charge in [0.15, 0.2) is 5.76 Å². The van der Waals surface area contributed by atoms with Crippen LogP contribution in [0.2, 0.25) is 0 Å². The Morgan fingerprint density at radius 1 is 0.969 bits per heavy atom. The minimum absolute atomic E-state index is 0.0161. The zero-order valence-electron chi connectivity index (χ0n) is 18.0. The zero-order valence-corrected chi connectivity index (χ0v) is 18.0. The van der Waals surface area contributed by atoms with Crippen LogP contribution >= 0.6 is 0 Å². The lowest BCUT2D eigenvalue weighted by atomic mass is 10.1. The van der Waals surface area contributed by atoms with Crippen LogP contribution in [-0.2, 0) is 11.3 Å². The van der Waals surface area contributed by atoms with Crippen LogP contribution in [0.3, 0.4) is 0 Å². The number of ether oxygens (including phenoxy) is 1. The van der Waals surface area contributed by atoms with Gasteiger partial charge in [0.2, 0.25) is 0 Å². The SMILES string of the molecule is CC1CN(C(=O)c2ccc(CNC(=O)c3ccc(-c4ccc(F)cc4)o3)cc2)CC(C)O1. The quantitative estimate of drug-likeness (QED) is 0.649. The van der Waals surface area contributed by atoms with Gasteiger partial charge in [0.05, 0.1) is 12.2 Å². The Morgan fingerprint density at radius 3 is 2.28 bits per heavy atom. The second-order valence-corrected chi connectivity index (χ2v) is 8.02. The highest BCUT2D eigenvalue weighted by molar-refractivity contribution is 5.94. The first-order valence-corrected chi connectivity index (χ1v) is 10.6. The second-order valence-electron chi connectivity index (χ2n) is 8.02. The molecule has 1 fully saturated rings. The van der Waals surface area contributed by atoms with Crippen LogP contribution in [0.4, 0.5) is 4.39 Å². The predicted molar refractivity (Wildman–Crippen MR) is 118 cm³/mol. The average molecular weight is 436 g/mol. The van der Waals surface area contributed by atoms with Crippen molar-refractivity contribution in [3.63, 3.8) is 0 Å². The summed E-state index contributed by atoms with van der Waals surface area (Å²) in [4.78, 5) is 27.0. The minimum Gasteiger partial charge on any atom is -0.451 e. The van der Waals surface area contributed by atoms with E-state index in [9.17, 15) is 14.0 Å². The van der Waals surface area contributed by atoms with Gasteiger partial charge in [-0.3, -0.25) is 9.59 Å². The maximum absolute atomic E-state index is 13.1. The summed E-state index contributed by atoms with van der Waals surface area (Å²) >= 11 is 0. The number of rotatable bonds is 5. The number of nitrogens with one attached hydrogen (secondary N) is 1. The lowest BCUT2D eigenvalue weighted by Crippen LogP contribution is -2.48. The molecule has 2 atom stereocenters. The van der Waals surface area contributed by atoms with Crippen molar-refractivity contribution in [2.24, 2.45) is 0 Å². The summed E-state index contributed by atoms with van der Waals surface area (Å²) in [5, 5.41) is 2.81. The third-order valence-corrected chi connectivity index (χ3v) is 5.32. The first kappa shape index (κ1) is 21.8. The second kappa shape index (κ2) is 9.36. The fourth-order valence-corrected chi connectivity index (χ4v) is 3.79. The van der Waals surface area contributed by atoms with Crippen LogP contribution in [0, 0.1) is 5.82 Å². The van der Waals surface area contributed by atoms with E-state index in [1.165, 1.54) is 12.1 Å². The smallest absolute Gasteiger partial charge is 0.287 e. The van der Waals surface area contributed by atoms with Gasteiger partial charge < -0.3 is 19.4 Å². The molecule has 0 saturated carbocycles. The van der Waals surface area contributed by atoms with Crippen molar-refractivity contribution in [3.05, 3.63) is 83.4 Å². The molecule has 0 radical (unpaired) electrons. The van der Waals surface area contributed by atoms with E-state index in [1.54, 1.807) is 36.4 Å². The van der Waals surface area contributed by atoms with Crippen molar-refractivity contribution >= 4 is 11.8 Å². The molecule has 6 nitrogen and oxygen atoms in total.